The summed E-state index contributed by atoms with van der Waals surface area (Å²) in [6.07, 6.45) is 1.14. The van der Waals surface area contributed by atoms with Gasteiger partial charge in [-0.15, -0.1) is 11.6 Å². The van der Waals surface area contributed by atoms with E-state index in [-0.39, 0.29) is 17.5 Å². The Morgan fingerprint density at radius 2 is 2.30 bits per heavy atom. The van der Waals surface area contributed by atoms with Crippen molar-refractivity contribution in [1.29, 1.82) is 0 Å². The summed E-state index contributed by atoms with van der Waals surface area (Å²) in [5.41, 5.74) is 3.04. The minimum absolute atomic E-state index is 0.0691. The first-order valence-electron chi connectivity index (χ1n) is 6.97. The molecule has 0 radical (unpaired) electrons. The van der Waals surface area contributed by atoms with E-state index >= 15 is 0 Å². The van der Waals surface area contributed by atoms with Crippen molar-refractivity contribution >= 4 is 23.3 Å². The van der Waals surface area contributed by atoms with E-state index in [4.69, 9.17) is 16.3 Å². The number of amides is 2. The fourth-order valence-corrected chi connectivity index (χ4v) is 3.31. The number of anilines is 1. The molecule has 3 rings (SSSR count). The summed E-state index contributed by atoms with van der Waals surface area (Å²) in [5, 5.41) is 2.73. The van der Waals surface area contributed by atoms with Crippen LogP contribution in [0.25, 0.3) is 0 Å². The number of benzene rings is 1. The number of nitrogens with zero attached hydrogens (tertiary/aromatic N) is 1. The smallest absolute Gasteiger partial charge is 0.321 e. The SMILES string of the molecule is CC1CCOC1C(Cl)c1ccc2c(c1)CN(C)C(=O)N2. The van der Waals surface area contributed by atoms with Gasteiger partial charge in [0.25, 0.3) is 0 Å². The number of alkyl halides is 1. The number of urea groups is 1. The molecule has 1 aromatic rings. The second-order valence-electron chi connectivity index (χ2n) is 5.71. The lowest BCUT2D eigenvalue weighted by Gasteiger charge is -2.28. The van der Waals surface area contributed by atoms with E-state index < -0.39 is 0 Å². The van der Waals surface area contributed by atoms with Crippen molar-refractivity contribution in [3.05, 3.63) is 29.3 Å². The minimum Gasteiger partial charge on any atom is -0.376 e. The fourth-order valence-electron chi connectivity index (χ4n) is 2.86. The molecule has 20 heavy (non-hydrogen) atoms. The number of hydrogen-bond donors (Lipinski definition) is 1. The van der Waals surface area contributed by atoms with Gasteiger partial charge in [0.2, 0.25) is 0 Å². The van der Waals surface area contributed by atoms with Crippen molar-refractivity contribution in [3.63, 3.8) is 0 Å². The van der Waals surface area contributed by atoms with Gasteiger partial charge in [-0.1, -0.05) is 19.1 Å². The molecule has 3 unspecified atom stereocenters. The zero-order valence-corrected chi connectivity index (χ0v) is 12.5. The maximum absolute atomic E-state index is 11.6. The van der Waals surface area contributed by atoms with Crippen LogP contribution in [0, 0.1) is 5.92 Å². The Morgan fingerprint density at radius 1 is 1.50 bits per heavy atom. The standard InChI is InChI=1S/C15H19ClN2O2/c1-9-5-6-20-14(9)13(16)10-3-4-12-11(7-10)8-18(2)15(19)17-12/h3-4,7,9,13-14H,5-6,8H2,1-2H3,(H,17,19). The van der Waals surface area contributed by atoms with E-state index in [0.717, 1.165) is 29.8 Å². The molecule has 0 aliphatic carbocycles. The van der Waals surface area contributed by atoms with Gasteiger partial charge in [0.15, 0.2) is 0 Å². The van der Waals surface area contributed by atoms with Gasteiger partial charge in [-0.05, 0) is 29.5 Å². The summed E-state index contributed by atoms with van der Waals surface area (Å²) in [4.78, 5) is 13.3. The predicted octanol–water partition coefficient (Wildman–Crippen LogP) is 3.37. The molecule has 1 N–H and O–H groups in total. The Bertz CT molecular complexity index is 535. The summed E-state index contributed by atoms with van der Waals surface area (Å²) >= 11 is 6.59. The first-order valence-corrected chi connectivity index (χ1v) is 7.40. The van der Waals surface area contributed by atoms with Crippen molar-refractivity contribution < 1.29 is 9.53 Å². The van der Waals surface area contributed by atoms with E-state index in [2.05, 4.69) is 18.3 Å². The summed E-state index contributed by atoms with van der Waals surface area (Å²) in [6.45, 7) is 3.58. The molecule has 1 aromatic carbocycles. The van der Waals surface area contributed by atoms with E-state index in [1.165, 1.54) is 0 Å². The molecule has 2 aliphatic rings. The first kappa shape index (κ1) is 13.7. The van der Waals surface area contributed by atoms with Gasteiger partial charge in [0.1, 0.15) is 0 Å². The van der Waals surface area contributed by atoms with Crippen molar-refractivity contribution in [1.82, 2.24) is 4.90 Å². The van der Waals surface area contributed by atoms with Crippen LogP contribution in [0.15, 0.2) is 18.2 Å². The van der Waals surface area contributed by atoms with Crippen molar-refractivity contribution in [2.45, 2.75) is 31.4 Å². The number of fused-ring (bicyclic) bond motifs is 1. The highest BCUT2D eigenvalue weighted by Crippen LogP contribution is 2.37. The molecule has 3 atom stereocenters. The largest absolute Gasteiger partial charge is 0.376 e. The fraction of sp³-hybridized carbons (Fsp3) is 0.533. The Hall–Kier alpha value is -1.26. The third kappa shape index (κ3) is 2.38. The summed E-state index contributed by atoms with van der Waals surface area (Å²) in [6, 6.07) is 5.93. The molecule has 0 spiro atoms. The van der Waals surface area contributed by atoms with Crippen molar-refractivity contribution in [3.8, 4) is 0 Å². The van der Waals surface area contributed by atoms with Gasteiger partial charge in [-0.25, -0.2) is 4.79 Å². The molecule has 4 nitrogen and oxygen atoms in total. The van der Waals surface area contributed by atoms with Crippen molar-refractivity contribution in [2.75, 3.05) is 19.0 Å². The maximum atomic E-state index is 11.6. The number of nitrogens with one attached hydrogen (secondary N) is 1. The van der Waals surface area contributed by atoms with Crippen LogP contribution < -0.4 is 5.32 Å². The van der Waals surface area contributed by atoms with Gasteiger partial charge < -0.3 is 15.0 Å². The number of halogens is 1. The maximum Gasteiger partial charge on any atom is 0.321 e. The highest BCUT2D eigenvalue weighted by atomic mass is 35.5. The van der Waals surface area contributed by atoms with E-state index in [9.17, 15) is 4.79 Å². The molecule has 2 heterocycles. The van der Waals surface area contributed by atoms with Crippen LogP contribution in [0.3, 0.4) is 0 Å². The molecule has 5 heteroatoms. The second-order valence-corrected chi connectivity index (χ2v) is 6.18. The molecule has 2 aliphatic heterocycles. The number of carbonyl (C=O) groups is 1. The Kier molecular flexibility index (Phi) is 3.61. The molecule has 0 bridgehead atoms. The summed E-state index contributed by atoms with van der Waals surface area (Å²) in [7, 11) is 1.78. The van der Waals surface area contributed by atoms with E-state index in [1.54, 1.807) is 11.9 Å². The minimum atomic E-state index is -0.138. The van der Waals surface area contributed by atoms with Crippen LogP contribution in [-0.2, 0) is 11.3 Å². The van der Waals surface area contributed by atoms with Crippen LogP contribution in [0.5, 0.6) is 0 Å². The lowest BCUT2D eigenvalue weighted by Crippen LogP contribution is -2.35. The molecule has 1 saturated heterocycles. The highest BCUT2D eigenvalue weighted by Gasteiger charge is 2.32. The van der Waals surface area contributed by atoms with Gasteiger partial charge >= 0.3 is 6.03 Å². The van der Waals surface area contributed by atoms with Crippen LogP contribution in [-0.4, -0.2) is 30.7 Å². The van der Waals surface area contributed by atoms with Crippen LogP contribution in [0.1, 0.15) is 29.8 Å². The topological polar surface area (TPSA) is 41.6 Å². The Morgan fingerprint density at radius 3 is 3.00 bits per heavy atom. The van der Waals surface area contributed by atoms with Crippen molar-refractivity contribution in [2.24, 2.45) is 5.92 Å². The average Bonchev–Trinajstić information content (AvgIpc) is 2.85. The molecule has 1 fully saturated rings. The van der Waals surface area contributed by atoms with Gasteiger partial charge in [-0.3, -0.25) is 0 Å². The lowest BCUT2D eigenvalue weighted by molar-refractivity contribution is 0.0903. The predicted molar refractivity (Wildman–Crippen MR) is 79.0 cm³/mol. The Balaban J connectivity index is 1.85. The summed E-state index contributed by atoms with van der Waals surface area (Å²) in [5.74, 6) is 0.482. The third-order valence-corrected chi connectivity index (χ3v) is 4.68. The van der Waals surface area contributed by atoms with Crippen LogP contribution >= 0.6 is 11.6 Å². The number of ether oxygens (including phenoxy) is 1. The number of carbonyl (C=O) groups excluding carboxylic acids is 1. The molecular formula is C15H19ClN2O2. The van der Waals surface area contributed by atoms with Crippen LogP contribution in [0.2, 0.25) is 0 Å². The molecule has 108 valence electrons. The zero-order chi connectivity index (χ0) is 14.3. The molecule has 0 saturated carbocycles. The molecule has 2 amide bonds. The monoisotopic (exact) mass is 294 g/mol. The zero-order valence-electron chi connectivity index (χ0n) is 11.7. The number of rotatable bonds is 2. The Labute approximate surface area is 124 Å². The quantitative estimate of drug-likeness (QED) is 0.850. The average molecular weight is 295 g/mol. The normalized spacial score (nSPS) is 27.1. The highest BCUT2D eigenvalue weighted by molar-refractivity contribution is 6.21. The molecule has 0 aromatic heterocycles. The first-order chi connectivity index (χ1) is 9.56. The third-order valence-electron chi connectivity index (χ3n) is 4.18. The van der Waals surface area contributed by atoms with Gasteiger partial charge in [0, 0.05) is 25.9 Å². The van der Waals surface area contributed by atoms with E-state index in [0.29, 0.717) is 12.5 Å². The van der Waals surface area contributed by atoms with Crippen LogP contribution in [0.4, 0.5) is 10.5 Å². The number of hydrogen-bond acceptors (Lipinski definition) is 2. The molecular weight excluding hydrogens is 276 g/mol. The van der Waals surface area contributed by atoms with E-state index in [1.807, 2.05) is 12.1 Å². The van der Waals surface area contributed by atoms with Gasteiger partial charge in [0.05, 0.1) is 11.5 Å². The van der Waals surface area contributed by atoms with Gasteiger partial charge in [-0.2, -0.15) is 0 Å². The summed E-state index contributed by atoms with van der Waals surface area (Å²) < 4.78 is 5.75. The lowest BCUT2D eigenvalue weighted by atomic mass is 9.95. The second kappa shape index (κ2) is 5.26.